The first-order valence-electron chi connectivity index (χ1n) is 9.58. The molecule has 0 heterocycles. The van der Waals surface area contributed by atoms with Crippen molar-refractivity contribution in [1.82, 2.24) is 0 Å². The molecule has 4 aliphatic rings. The third-order valence-corrected chi connectivity index (χ3v) is 8.11. The zero-order valence-electron chi connectivity index (χ0n) is 13.9. The molecule has 2 heteroatoms. The van der Waals surface area contributed by atoms with Crippen molar-refractivity contribution in [3.8, 4) is 0 Å². The molecule has 2 N–H and O–H groups in total. The van der Waals surface area contributed by atoms with E-state index in [1.165, 1.54) is 11.1 Å². The number of rotatable bonds is 0. The molecular formula is C21H28O2. The maximum absolute atomic E-state index is 12.0. The van der Waals surface area contributed by atoms with Crippen LogP contribution >= 0.6 is 0 Å². The van der Waals surface area contributed by atoms with Gasteiger partial charge in [0, 0.05) is 5.41 Å². The van der Waals surface area contributed by atoms with Crippen LogP contribution < -0.4 is 0 Å². The van der Waals surface area contributed by atoms with Crippen LogP contribution in [0, 0.1) is 17.3 Å². The van der Waals surface area contributed by atoms with E-state index in [0.717, 1.165) is 64.2 Å². The first-order chi connectivity index (χ1) is 11.1. The lowest BCUT2D eigenvalue weighted by Crippen LogP contribution is -2.51. The van der Waals surface area contributed by atoms with E-state index < -0.39 is 11.2 Å². The summed E-state index contributed by atoms with van der Waals surface area (Å²) in [6.45, 7) is 0. The van der Waals surface area contributed by atoms with Crippen molar-refractivity contribution in [3.05, 3.63) is 35.4 Å². The first-order valence-corrected chi connectivity index (χ1v) is 9.58. The fourth-order valence-electron chi connectivity index (χ4n) is 7.07. The van der Waals surface area contributed by atoms with Crippen molar-refractivity contribution in [2.45, 2.75) is 75.4 Å². The third-order valence-electron chi connectivity index (χ3n) is 8.11. The van der Waals surface area contributed by atoms with Crippen molar-refractivity contribution < 1.29 is 10.2 Å². The molecule has 0 saturated heterocycles. The number of hydrogen-bond donors (Lipinski definition) is 2. The van der Waals surface area contributed by atoms with Crippen LogP contribution in [0.3, 0.4) is 0 Å². The molecule has 23 heavy (non-hydrogen) atoms. The molecule has 124 valence electrons. The van der Waals surface area contributed by atoms with E-state index in [-0.39, 0.29) is 5.41 Å². The number of fused-ring (bicyclic) bond motifs is 5. The topological polar surface area (TPSA) is 40.5 Å². The Morgan fingerprint density at radius 1 is 0.783 bits per heavy atom. The number of hydrogen-bond acceptors (Lipinski definition) is 2. The van der Waals surface area contributed by atoms with Gasteiger partial charge in [-0.25, -0.2) is 0 Å². The van der Waals surface area contributed by atoms with Crippen LogP contribution in [-0.4, -0.2) is 21.4 Å². The van der Waals surface area contributed by atoms with Gasteiger partial charge in [-0.2, -0.15) is 0 Å². The summed E-state index contributed by atoms with van der Waals surface area (Å²) in [7, 11) is 0. The quantitative estimate of drug-likeness (QED) is 0.768. The Kier molecular flexibility index (Phi) is 2.90. The monoisotopic (exact) mass is 312 g/mol. The summed E-state index contributed by atoms with van der Waals surface area (Å²) in [6, 6.07) is 8.78. The molecule has 2 nitrogen and oxygen atoms in total. The summed E-state index contributed by atoms with van der Waals surface area (Å²) in [5.74, 6) is 0.643. The molecule has 0 unspecified atom stereocenters. The molecule has 3 saturated carbocycles. The Morgan fingerprint density at radius 2 is 1.48 bits per heavy atom. The molecule has 1 aromatic rings. The fraction of sp³-hybridized carbons (Fsp3) is 0.714. The lowest BCUT2D eigenvalue weighted by atomic mass is 9.65. The van der Waals surface area contributed by atoms with Gasteiger partial charge in [0.05, 0.1) is 11.2 Å². The van der Waals surface area contributed by atoms with Gasteiger partial charge in [-0.1, -0.05) is 30.7 Å². The van der Waals surface area contributed by atoms with E-state index >= 15 is 0 Å². The lowest BCUT2D eigenvalue weighted by Gasteiger charge is -2.45. The molecule has 4 atom stereocenters. The van der Waals surface area contributed by atoms with E-state index in [1.807, 2.05) is 0 Å². The predicted octanol–water partition coefficient (Wildman–Crippen LogP) is 3.63. The molecule has 0 amide bonds. The van der Waals surface area contributed by atoms with Gasteiger partial charge in [-0.3, -0.25) is 0 Å². The Morgan fingerprint density at radius 3 is 2.22 bits per heavy atom. The van der Waals surface area contributed by atoms with Gasteiger partial charge in [-0.05, 0) is 80.8 Å². The summed E-state index contributed by atoms with van der Waals surface area (Å²) in [6.07, 6.45) is 10.3. The standard InChI is InChI=1S/C21H28O2/c22-20-9-3-7-17(20)18-8-12-19(21(18,23)11-4-10-20)13-15-5-1-2-6-16(15)14-19/h1-2,5-6,17-18,22-23H,3-4,7-14H2/t17-,18-,20+,21-/m1/s1. The Balaban J connectivity index is 1.55. The van der Waals surface area contributed by atoms with E-state index in [2.05, 4.69) is 24.3 Å². The van der Waals surface area contributed by atoms with Crippen molar-refractivity contribution in [2.24, 2.45) is 17.3 Å². The zero-order valence-corrected chi connectivity index (χ0v) is 13.9. The van der Waals surface area contributed by atoms with Gasteiger partial charge in [0.2, 0.25) is 0 Å². The van der Waals surface area contributed by atoms with Crippen LogP contribution in [-0.2, 0) is 12.8 Å². The van der Waals surface area contributed by atoms with Crippen LogP contribution in [0.2, 0.25) is 0 Å². The fourth-order valence-corrected chi connectivity index (χ4v) is 7.07. The maximum atomic E-state index is 12.0. The largest absolute Gasteiger partial charge is 0.390 e. The molecule has 0 aromatic heterocycles. The average molecular weight is 312 g/mol. The number of aliphatic hydroxyl groups is 2. The minimum absolute atomic E-state index is 0.0369. The van der Waals surface area contributed by atoms with Gasteiger partial charge in [0.25, 0.3) is 0 Å². The molecule has 3 fully saturated rings. The van der Waals surface area contributed by atoms with Gasteiger partial charge in [-0.15, -0.1) is 0 Å². The Labute approximate surface area is 138 Å². The van der Waals surface area contributed by atoms with E-state index in [0.29, 0.717) is 11.8 Å². The predicted molar refractivity (Wildman–Crippen MR) is 90.1 cm³/mol. The van der Waals surface area contributed by atoms with Crippen LogP contribution in [0.25, 0.3) is 0 Å². The van der Waals surface area contributed by atoms with Crippen molar-refractivity contribution in [1.29, 1.82) is 0 Å². The van der Waals surface area contributed by atoms with E-state index in [4.69, 9.17) is 0 Å². The van der Waals surface area contributed by atoms with Crippen molar-refractivity contribution in [3.63, 3.8) is 0 Å². The molecular weight excluding hydrogens is 284 g/mol. The molecule has 1 spiro atoms. The van der Waals surface area contributed by atoms with Crippen molar-refractivity contribution in [2.75, 3.05) is 0 Å². The summed E-state index contributed by atoms with van der Waals surface area (Å²) in [5, 5.41) is 23.1. The van der Waals surface area contributed by atoms with E-state index in [1.54, 1.807) is 0 Å². The highest BCUT2D eigenvalue weighted by Crippen LogP contribution is 2.65. The molecule has 5 rings (SSSR count). The van der Waals surface area contributed by atoms with Gasteiger partial charge in [0.15, 0.2) is 0 Å². The summed E-state index contributed by atoms with van der Waals surface area (Å²) in [5.41, 5.74) is 1.90. The first kappa shape index (κ1) is 14.5. The molecule has 0 radical (unpaired) electrons. The molecule has 0 aliphatic heterocycles. The molecule has 4 aliphatic carbocycles. The van der Waals surface area contributed by atoms with Crippen LogP contribution in [0.1, 0.15) is 62.5 Å². The van der Waals surface area contributed by atoms with E-state index in [9.17, 15) is 10.2 Å². The zero-order chi connectivity index (χ0) is 15.7. The highest BCUT2D eigenvalue weighted by molar-refractivity contribution is 5.37. The summed E-state index contributed by atoms with van der Waals surface area (Å²) >= 11 is 0. The van der Waals surface area contributed by atoms with Crippen molar-refractivity contribution >= 4 is 0 Å². The number of benzene rings is 1. The highest BCUT2D eigenvalue weighted by atomic mass is 16.3. The Hall–Kier alpha value is -0.860. The van der Waals surface area contributed by atoms with Crippen LogP contribution in [0.5, 0.6) is 0 Å². The molecule has 1 aromatic carbocycles. The minimum atomic E-state index is -0.564. The average Bonchev–Trinajstić information content (AvgIpc) is 3.14. The Bertz CT molecular complexity index is 613. The maximum Gasteiger partial charge on any atom is 0.0741 e. The second-order valence-electron chi connectivity index (χ2n) is 8.93. The highest BCUT2D eigenvalue weighted by Gasteiger charge is 2.65. The smallest absolute Gasteiger partial charge is 0.0741 e. The normalized spacial score (nSPS) is 43.9. The SMILES string of the molecule is O[C@]12CCC[C@@H]1[C@H]1CCC3(Cc4ccccc4C3)[C@@]1(O)CCC2. The third kappa shape index (κ3) is 1.77. The summed E-state index contributed by atoms with van der Waals surface area (Å²) < 4.78 is 0. The van der Waals surface area contributed by atoms with Gasteiger partial charge >= 0.3 is 0 Å². The van der Waals surface area contributed by atoms with Crippen LogP contribution in [0.4, 0.5) is 0 Å². The second-order valence-corrected chi connectivity index (χ2v) is 8.93. The lowest BCUT2D eigenvalue weighted by molar-refractivity contribution is -0.119. The second kappa shape index (κ2) is 4.61. The minimum Gasteiger partial charge on any atom is -0.390 e. The van der Waals surface area contributed by atoms with Crippen LogP contribution in [0.15, 0.2) is 24.3 Å². The van der Waals surface area contributed by atoms with Gasteiger partial charge in [0.1, 0.15) is 0 Å². The van der Waals surface area contributed by atoms with Gasteiger partial charge < -0.3 is 10.2 Å². The molecule has 0 bridgehead atoms. The summed E-state index contributed by atoms with van der Waals surface area (Å²) in [4.78, 5) is 0.